The predicted molar refractivity (Wildman–Crippen MR) is 67.3 cm³/mol. The van der Waals surface area contributed by atoms with Crippen LogP contribution in [-0.2, 0) is 0 Å². The molecule has 1 aromatic heterocycles. The number of nitrogens with zero attached hydrogens (tertiary/aromatic N) is 1. The molecule has 4 heteroatoms. The van der Waals surface area contributed by atoms with Crippen LogP contribution in [0.5, 0.6) is 0 Å². The predicted octanol–water partition coefficient (Wildman–Crippen LogP) is 4.29. The van der Waals surface area contributed by atoms with Gasteiger partial charge in [-0.1, -0.05) is 29.4 Å². The standard InChI is InChI=1S/C15H9F2NO/c16-11-5-3-4-10(8-11)15-9-14(18-19-15)12-6-1-2-7-13(12)17/h1-9H. The highest BCUT2D eigenvalue weighted by Crippen LogP contribution is 2.27. The van der Waals surface area contributed by atoms with Crippen LogP contribution < -0.4 is 0 Å². The third-order valence-corrected chi connectivity index (χ3v) is 2.77. The van der Waals surface area contributed by atoms with Crippen LogP contribution in [0, 0.1) is 11.6 Å². The van der Waals surface area contributed by atoms with Crippen molar-refractivity contribution in [3.8, 4) is 22.6 Å². The molecule has 94 valence electrons. The molecule has 1 heterocycles. The van der Waals surface area contributed by atoms with Crippen molar-refractivity contribution in [2.75, 3.05) is 0 Å². The maximum absolute atomic E-state index is 13.6. The number of rotatable bonds is 2. The summed E-state index contributed by atoms with van der Waals surface area (Å²) in [4.78, 5) is 0. The van der Waals surface area contributed by atoms with Crippen LogP contribution in [0.2, 0.25) is 0 Å². The molecule has 0 amide bonds. The molecule has 2 nitrogen and oxygen atoms in total. The molecule has 0 fully saturated rings. The van der Waals surface area contributed by atoms with Gasteiger partial charge in [-0.25, -0.2) is 8.78 Å². The van der Waals surface area contributed by atoms with E-state index in [-0.39, 0.29) is 11.6 Å². The van der Waals surface area contributed by atoms with E-state index in [2.05, 4.69) is 5.16 Å². The summed E-state index contributed by atoms with van der Waals surface area (Å²) in [5.41, 5.74) is 1.31. The fraction of sp³-hybridized carbons (Fsp3) is 0. The zero-order valence-electron chi connectivity index (χ0n) is 9.81. The molecular weight excluding hydrogens is 248 g/mol. The average molecular weight is 257 g/mol. The Hall–Kier alpha value is -2.49. The molecule has 0 spiro atoms. The van der Waals surface area contributed by atoms with Gasteiger partial charge in [-0.05, 0) is 24.3 Å². The van der Waals surface area contributed by atoms with Crippen LogP contribution in [0.4, 0.5) is 8.78 Å². The molecular formula is C15H9F2NO. The van der Waals surface area contributed by atoms with Gasteiger partial charge in [0, 0.05) is 17.2 Å². The number of benzene rings is 2. The van der Waals surface area contributed by atoms with Crippen LogP contribution in [0.1, 0.15) is 0 Å². The number of hydrogen-bond acceptors (Lipinski definition) is 2. The Morgan fingerprint density at radius 1 is 0.895 bits per heavy atom. The molecule has 0 N–H and O–H groups in total. The molecule has 19 heavy (non-hydrogen) atoms. The maximum atomic E-state index is 13.6. The van der Waals surface area contributed by atoms with Gasteiger partial charge in [0.15, 0.2) is 5.76 Å². The van der Waals surface area contributed by atoms with Crippen LogP contribution in [0.25, 0.3) is 22.6 Å². The summed E-state index contributed by atoms with van der Waals surface area (Å²) in [5.74, 6) is -0.333. The normalized spacial score (nSPS) is 10.6. The lowest BCUT2D eigenvalue weighted by Gasteiger charge is -1.96. The van der Waals surface area contributed by atoms with E-state index in [1.54, 1.807) is 36.4 Å². The highest BCUT2D eigenvalue weighted by atomic mass is 19.1. The second-order valence-electron chi connectivity index (χ2n) is 4.07. The quantitative estimate of drug-likeness (QED) is 0.684. The van der Waals surface area contributed by atoms with E-state index >= 15 is 0 Å². The Labute approximate surface area is 108 Å². The fourth-order valence-electron chi connectivity index (χ4n) is 1.85. The Bertz CT molecular complexity index is 721. The SMILES string of the molecule is Fc1cccc(-c2cc(-c3ccccc3F)no2)c1. The zero-order valence-corrected chi connectivity index (χ0v) is 9.81. The topological polar surface area (TPSA) is 26.0 Å². The van der Waals surface area contributed by atoms with Gasteiger partial charge in [-0.2, -0.15) is 0 Å². The summed E-state index contributed by atoms with van der Waals surface area (Å²) in [6.07, 6.45) is 0. The summed E-state index contributed by atoms with van der Waals surface area (Å²) >= 11 is 0. The van der Waals surface area contributed by atoms with Gasteiger partial charge >= 0.3 is 0 Å². The number of aromatic nitrogens is 1. The van der Waals surface area contributed by atoms with Crippen molar-refractivity contribution in [1.82, 2.24) is 5.16 Å². The lowest BCUT2D eigenvalue weighted by atomic mass is 10.1. The lowest BCUT2D eigenvalue weighted by Crippen LogP contribution is -1.82. The Morgan fingerprint density at radius 2 is 1.74 bits per heavy atom. The van der Waals surface area contributed by atoms with Gasteiger partial charge < -0.3 is 4.52 Å². The van der Waals surface area contributed by atoms with Crippen LogP contribution in [-0.4, -0.2) is 5.16 Å². The Kier molecular flexibility index (Phi) is 2.83. The summed E-state index contributed by atoms with van der Waals surface area (Å²) in [7, 11) is 0. The largest absolute Gasteiger partial charge is 0.356 e. The number of halogens is 2. The fourth-order valence-corrected chi connectivity index (χ4v) is 1.85. The maximum Gasteiger partial charge on any atom is 0.167 e. The highest BCUT2D eigenvalue weighted by Gasteiger charge is 2.11. The van der Waals surface area contributed by atoms with Crippen LogP contribution in [0.15, 0.2) is 59.1 Å². The average Bonchev–Trinajstić information content (AvgIpc) is 2.89. The monoisotopic (exact) mass is 257 g/mol. The lowest BCUT2D eigenvalue weighted by molar-refractivity contribution is 0.434. The van der Waals surface area contributed by atoms with Gasteiger partial charge in [0.2, 0.25) is 0 Å². The van der Waals surface area contributed by atoms with Crippen LogP contribution >= 0.6 is 0 Å². The second kappa shape index (κ2) is 4.65. The second-order valence-corrected chi connectivity index (χ2v) is 4.07. The molecule has 0 aliphatic rings. The van der Waals surface area contributed by atoms with Gasteiger partial charge in [0.05, 0.1) is 0 Å². The molecule has 0 aliphatic heterocycles. The first-order chi connectivity index (χ1) is 9.24. The van der Waals surface area contributed by atoms with Crippen molar-refractivity contribution >= 4 is 0 Å². The summed E-state index contributed by atoms with van der Waals surface area (Å²) in [6, 6.07) is 13.8. The van der Waals surface area contributed by atoms with Crippen molar-refractivity contribution < 1.29 is 13.3 Å². The smallest absolute Gasteiger partial charge is 0.167 e. The first-order valence-electron chi connectivity index (χ1n) is 5.71. The highest BCUT2D eigenvalue weighted by molar-refractivity contribution is 5.66. The third kappa shape index (κ3) is 2.25. The van der Waals surface area contributed by atoms with Crippen molar-refractivity contribution in [3.05, 3.63) is 66.2 Å². The number of hydrogen-bond donors (Lipinski definition) is 0. The van der Waals surface area contributed by atoms with E-state index < -0.39 is 0 Å². The molecule has 0 bridgehead atoms. The van der Waals surface area contributed by atoms with E-state index in [1.807, 2.05) is 0 Å². The minimum atomic E-state index is -0.374. The summed E-state index contributed by atoms with van der Waals surface area (Å²) in [6.45, 7) is 0. The minimum Gasteiger partial charge on any atom is -0.356 e. The summed E-state index contributed by atoms with van der Waals surface area (Å²) < 4.78 is 31.9. The van der Waals surface area contributed by atoms with Crippen molar-refractivity contribution in [3.63, 3.8) is 0 Å². The van der Waals surface area contributed by atoms with E-state index in [1.165, 1.54) is 18.2 Å². The van der Waals surface area contributed by atoms with E-state index in [0.717, 1.165) is 0 Å². The summed E-state index contributed by atoms with van der Waals surface area (Å²) in [5, 5.41) is 3.82. The molecule has 0 radical (unpaired) electrons. The van der Waals surface area contributed by atoms with E-state index in [4.69, 9.17) is 4.52 Å². The Morgan fingerprint density at radius 3 is 2.53 bits per heavy atom. The minimum absolute atomic E-state index is 0.355. The Balaban J connectivity index is 2.03. The molecule has 0 saturated heterocycles. The van der Waals surface area contributed by atoms with Gasteiger partial charge in [0.1, 0.15) is 17.3 Å². The first-order valence-corrected chi connectivity index (χ1v) is 5.71. The third-order valence-electron chi connectivity index (χ3n) is 2.77. The van der Waals surface area contributed by atoms with E-state index in [9.17, 15) is 8.78 Å². The molecule has 0 aliphatic carbocycles. The van der Waals surface area contributed by atoms with Crippen LogP contribution in [0.3, 0.4) is 0 Å². The van der Waals surface area contributed by atoms with Crippen molar-refractivity contribution in [2.24, 2.45) is 0 Å². The molecule has 3 rings (SSSR count). The molecule has 0 saturated carbocycles. The molecule has 0 unspecified atom stereocenters. The van der Waals surface area contributed by atoms with Gasteiger partial charge in [0.25, 0.3) is 0 Å². The molecule has 0 atom stereocenters. The van der Waals surface area contributed by atoms with Gasteiger partial charge in [-0.15, -0.1) is 0 Å². The first kappa shape index (κ1) is 11.6. The van der Waals surface area contributed by atoms with Gasteiger partial charge in [-0.3, -0.25) is 0 Å². The van der Waals surface area contributed by atoms with Crippen molar-refractivity contribution in [1.29, 1.82) is 0 Å². The zero-order chi connectivity index (χ0) is 13.2. The molecule has 3 aromatic rings. The van der Waals surface area contributed by atoms with E-state index in [0.29, 0.717) is 22.6 Å². The van der Waals surface area contributed by atoms with Crippen molar-refractivity contribution in [2.45, 2.75) is 0 Å². The molecule has 2 aromatic carbocycles.